The average molecular weight is 527 g/mol. The van der Waals surface area contributed by atoms with Gasteiger partial charge in [-0.25, -0.2) is 9.97 Å². The summed E-state index contributed by atoms with van der Waals surface area (Å²) >= 11 is 0. The molecule has 4 heterocycles. The van der Waals surface area contributed by atoms with Crippen LogP contribution < -0.4 is 10.9 Å². The van der Waals surface area contributed by atoms with E-state index in [1.54, 1.807) is 0 Å². The summed E-state index contributed by atoms with van der Waals surface area (Å²) in [7, 11) is 0. The number of rotatable bonds is 3. The van der Waals surface area contributed by atoms with E-state index in [2.05, 4.69) is 95.1 Å². The van der Waals surface area contributed by atoms with Crippen molar-refractivity contribution >= 4 is 56.0 Å². The van der Waals surface area contributed by atoms with Crippen molar-refractivity contribution < 1.29 is 0 Å². The Balaban J connectivity index is 1.37. The van der Waals surface area contributed by atoms with E-state index in [9.17, 15) is 0 Å². The lowest BCUT2D eigenvalue weighted by molar-refractivity contribution is 0.738. The number of imidazole rings is 2. The first-order valence-electron chi connectivity index (χ1n) is 14.0. The van der Waals surface area contributed by atoms with Gasteiger partial charge < -0.3 is 20.8 Å². The van der Waals surface area contributed by atoms with Gasteiger partial charge in [0.2, 0.25) is 0 Å². The first-order chi connectivity index (χ1) is 19.5. The van der Waals surface area contributed by atoms with E-state index in [4.69, 9.17) is 9.97 Å². The Kier molecular flexibility index (Phi) is 4.86. The molecule has 0 aliphatic carbocycles. The van der Waals surface area contributed by atoms with Crippen LogP contribution in [0.2, 0.25) is 0 Å². The molecule has 0 atom stereocenters. The molecule has 8 rings (SSSR count). The van der Waals surface area contributed by atoms with Crippen LogP contribution in [0, 0.1) is 0 Å². The smallest absolute Gasteiger partial charge is 0.109 e. The maximum absolute atomic E-state index is 4.99. The quantitative estimate of drug-likeness (QED) is 0.210. The zero-order valence-corrected chi connectivity index (χ0v) is 23.0. The van der Waals surface area contributed by atoms with Gasteiger partial charge in [0.25, 0.3) is 0 Å². The van der Waals surface area contributed by atoms with Crippen LogP contribution in [0.1, 0.15) is 73.4 Å². The molecule has 198 valence electrons. The molecule has 2 aromatic heterocycles. The van der Waals surface area contributed by atoms with Gasteiger partial charge in [-0.2, -0.15) is 10.2 Å². The predicted molar refractivity (Wildman–Crippen MR) is 163 cm³/mol. The molecule has 8 nitrogen and oxygen atoms in total. The minimum absolute atomic E-state index is 0.322. The second-order valence-corrected chi connectivity index (χ2v) is 11.5. The first-order valence-corrected chi connectivity index (χ1v) is 14.0. The predicted octanol–water partition coefficient (Wildman–Crippen LogP) is 6.53. The molecule has 0 unspecified atom stereocenters. The minimum atomic E-state index is 0.322. The number of aromatic amines is 2. The summed E-state index contributed by atoms with van der Waals surface area (Å²) in [5.74, 6) is 2.67. The summed E-state index contributed by atoms with van der Waals surface area (Å²) in [6.07, 6.45) is 3.88. The standard InChI is InChI=1S/C32H30N8/c1-15(2)31-37-27-19-7-5-17(9-21(19)23-11-33-35-13-25(23)29(27)39-31)18-6-8-20-22(10-18)24-12-34-36-14-26(24)30-28(20)38-32(40-30)16(3)4/h5-12,15-16,35-36H,13-14H2,1-4H3,(H,37,39)(H,38,40). The Morgan fingerprint density at radius 2 is 1.05 bits per heavy atom. The van der Waals surface area contributed by atoms with E-state index < -0.39 is 0 Å². The van der Waals surface area contributed by atoms with Crippen LogP contribution in [0.5, 0.6) is 0 Å². The summed E-state index contributed by atoms with van der Waals surface area (Å²) < 4.78 is 0. The van der Waals surface area contributed by atoms with Gasteiger partial charge in [-0.05, 0) is 34.0 Å². The third-order valence-corrected chi connectivity index (χ3v) is 8.33. The zero-order chi connectivity index (χ0) is 27.1. The second-order valence-electron chi connectivity index (χ2n) is 11.5. The Morgan fingerprint density at radius 3 is 1.48 bits per heavy atom. The van der Waals surface area contributed by atoms with Crippen LogP contribution in [0.4, 0.5) is 0 Å². The number of benzene rings is 4. The van der Waals surface area contributed by atoms with Crippen molar-refractivity contribution in [1.82, 2.24) is 30.8 Å². The average Bonchev–Trinajstić information content (AvgIpc) is 3.64. The molecule has 40 heavy (non-hydrogen) atoms. The largest absolute Gasteiger partial charge is 0.341 e. The molecule has 0 fully saturated rings. The minimum Gasteiger partial charge on any atom is -0.341 e. The molecule has 8 heteroatoms. The van der Waals surface area contributed by atoms with Gasteiger partial charge in [0.15, 0.2) is 0 Å². The van der Waals surface area contributed by atoms with Gasteiger partial charge in [-0.1, -0.05) is 52.0 Å². The van der Waals surface area contributed by atoms with E-state index in [-0.39, 0.29) is 0 Å². The number of H-pyrrole nitrogens is 2. The second kappa shape index (κ2) is 8.39. The third-order valence-electron chi connectivity index (χ3n) is 8.33. The maximum atomic E-state index is 4.99. The molecule has 4 N–H and O–H groups in total. The number of nitrogens with one attached hydrogen (secondary N) is 4. The fourth-order valence-electron chi connectivity index (χ4n) is 6.19. The first kappa shape index (κ1) is 23.2. The fourth-order valence-corrected chi connectivity index (χ4v) is 6.19. The van der Waals surface area contributed by atoms with Crippen molar-refractivity contribution in [2.75, 3.05) is 0 Å². The van der Waals surface area contributed by atoms with Crippen LogP contribution >= 0.6 is 0 Å². The highest BCUT2D eigenvalue weighted by atomic mass is 15.3. The van der Waals surface area contributed by atoms with Gasteiger partial charge in [-0.15, -0.1) is 0 Å². The Labute approximate surface area is 231 Å². The normalized spacial score (nSPS) is 14.4. The van der Waals surface area contributed by atoms with Crippen LogP contribution in [0.3, 0.4) is 0 Å². The summed E-state index contributed by atoms with van der Waals surface area (Å²) in [5, 5.41) is 13.5. The highest BCUT2D eigenvalue weighted by Crippen LogP contribution is 2.38. The molecular weight excluding hydrogens is 496 g/mol. The van der Waals surface area contributed by atoms with Gasteiger partial charge in [0.1, 0.15) is 11.6 Å². The van der Waals surface area contributed by atoms with E-state index in [0.717, 1.165) is 44.8 Å². The number of hydrogen-bond donors (Lipinski definition) is 4. The summed E-state index contributed by atoms with van der Waals surface area (Å²) in [4.78, 5) is 17.2. The van der Waals surface area contributed by atoms with Crippen molar-refractivity contribution in [3.05, 3.63) is 70.3 Å². The lowest BCUT2D eigenvalue weighted by Crippen LogP contribution is -2.14. The van der Waals surface area contributed by atoms with Crippen molar-refractivity contribution in [2.24, 2.45) is 10.2 Å². The van der Waals surface area contributed by atoms with Crippen molar-refractivity contribution in [1.29, 1.82) is 0 Å². The van der Waals surface area contributed by atoms with Crippen LogP contribution in [0.15, 0.2) is 46.6 Å². The van der Waals surface area contributed by atoms with Crippen LogP contribution in [0.25, 0.3) is 54.7 Å². The molecular formula is C32H30N8. The molecule has 0 bridgehead atoms. The zero-order valence-electron chi connectivity index (χ0n) is 23.0. The SMILES string of the molecule is CC(C)c1nc2c3c(c4cc(-c5ccc6c(c5)c5c(c7nc(C(C)C)[nH]c76)CNN=C5)ccc4c2[nH]1)C=NNC3. The van der Waals surface area contributed by atoms with Gasteiger partial charge in [-0.3, -0.25) is 0 Å². The van der Waals surface area contributed by atoms with Crippen molar-refractivity contribution in [3.8, 4) is 11.1 Å². The molecule has 0 amide bonds. The van der Waals surface area contributed by atoms with Crippen LogP contribution in [-0.2, 0) is 13.1 Å². The molecule has 6 aromatic rings. The molecule has 2 aliphatic heterocycles. The maximum Gasteiger partial charge on any atom is 0.109 e. The van der Waals surface area contributed by atoms with Gasteiger partial charge in [0.05, 0.1) is 47.6 Å². The monoisotopic (exact) mass is 526 g/mol. The number of aromatic nitrogens is 4. The molecule has 0 saturated carbocycles. The number of hydrazone groups is 2. The third kappa shape index (κ3) is 3.25. The Hall–Kier alpha value is -4.72. The van der Waals surface area contributed by atoms with Gasteiger partial charge >= 0.3 is 0 Å². The molecule has 2 aliphatic rings. The Bertz CT molecular complexity index is 1920. The van der Waals surface area contributed by atoms with E-state index >= 15 is 0 Å². The fraction of sp³-hybridized carbons (Fsp3) is 0.250. The number of hydrogen-bond acceptors (Lipinski definition) is 6. The highest BCUT2D eigenvalue weighted by molar-refractivity contribution is 6.17. The summed E-state index contributed by atoms with van der Waals surface area (Å²) in [6, 6.07) is 13.5. The lowest BCUT2D eigenvalue weighted by Gasteiger charge is -2.17. The molecule has 0 saturated heterocycles. The molecule has 4 aromatic carbocycles. The van der Waals surface area contributed by atoms with E-state index in [1.165, 1.54) is 43.8 Å². The molecule has 0 spiro atoms. The van der Waals surface area contributed by atoms with E-state index in [1.807, 2.05) is 12.4 Å². The van der Waals surface area contributed by atoms with Crippen LogP contribution in [-0.4, -0.2) is 32.4 Å². The number of fused-ring (bicyclic) bond motifs is 12. The topological polar surface area (TPSA) is 106 Å². The lowest BCUT2D eigenvalue weighted by atomic mass is 9.91. The number of nitrogens with zero attached hydrogens (tertiary/aromatic N) is 4. The summed E-state index contributed by atoms with van der Waals surface area (Å²) in [6.45, 7) is 10.0. The highest BCUT2D eigenvalue weighted by Gasteiger charge is 2.22. The van der Waals surface area contributed by atoms with Crippen molar-refractivity contribution in [3.63, 3.8) is 0 Å². The summed E-state index contributed by atoms with van der Waals surface area (Å²) in [5.41, 5.74) is 17.5. The Morgan fingerprint density at radius 1 is 0.600 bits per heavy atom. The van der Waals surface area contributed by atoms with Crippen molar-refractivity contribution in [2.45, 2.75) is 52.6 Å². The molecule has 0 radical (unpaired) electrons. The van der Waals surface area contributed by atoms with Gasteiger partial charge in [0, 0.05) is 44.9 Å². The van der Waals surface area contributed by atoms with E-state index in [0.29, 0.717) is 24.9 Å².